The Balaban J connectivity index is 1.66. The summed E-state index contributed by atoms with van der Waals surface area (Å²) in [5.41, 5.74) is 0.807. The molecule has 0 aromatic heterocycles. The number of rotatable bonds is 0. The zero-order valence-corrected chi connectivity index (χ0v) is 13.1. The summed E-state index contributed by atoms with van der Waals surface area (Å²) in [6, 6.07) is 0. The molecule has 1 unspecified atom stereocenters. The molecule has 0 radical (unpaired) electrons. The van der Waals surface area contributed by atoms with Crippen molar-refractivity contribution in [3.8, 4) is 0 Å². The van der Waals surface area contributed by atoms with Gasteiger partial charge in [-0.2, -0.15) is 0 Å². The molecule has 0 aromatic carbocycles. The van der Waals surface area contributed by atoms with Crippen LogP contribution in [0.5, 0.6) is 0 Å². The maximum atomic E-state index is 10.5. The number of fused-ring (bicyclic) bond motifs is 5. The van der Waals surface area contributed by atoms with Crippen LogP contribution in [0.3, 0.4) is 0 Å². The summed E-state index contributed by atoms with van der Waals surface area (Å²) in [7, 11) is 0. The highest BCUT2D eigenvalue weighted by Gasteiger charge is 2.59. The van der Waals surface area contributed by atoms with Crippen LogP contribution < -0.4 is 0 Å². The number of allylic oxidation sites excluding steroid dienone is 2. The van der Waals surface area contributed by atoms with Crippen molar-refractivity contribution >= 4 is 0 Å². The minimum atomic E-state index is -0.0229. The van der Waals surface area contributed by atoms with Gasteiger partial charge in [0.25, 0.3) is 0 Å². The fourth-order valence-electron chi connectivity index (χ4n) is 6.81. The van der Waals surface area contributed by atoms with Gasteiger partial charge in [0.15, 0.2) is 0 Å². The van der Waals surface area contributed by atoms with Gasteiger partial charge in [0.2, 0.25) is 0 Å². The Labute approximate surface area is 123 Å². The van der Waals surface area contributed by atoms with Crippen molar-refractivity contribution < 1.29 is 5.11 Å². The normalized spacial score (nSPS) is 57.9. The van der Waals surface area contributed by atoms with E-state index in [4.69, 9.17) is 0 Å². The fraction of sp³-hybridized carbons (Fsp3) is 0.895. The third-order valence-electron chi connectivity index (χ3n) is 8.16. The molecule has 0 bridgehead atoms. The van der Waals surface area contributed by atoms with Crippen molar-refractivity contribution in [3.63, 3.8) is 0 Å². The van der Waals surface area contributed by atoms with Crippen LogP contribution in [0.15, 0.2) is 12.2 Å². The van der Waals surface area contributed by atoms with Crippen molar-refractivity contribution in [1.29, 1.82) is 0 Å². The van der Waals surface area contributed by atoms with Gasteiger partial charge >= 0.3 is 0 Å². The Morgan fingerprint density at radius 3 is 2.55 bits per heavy atom. The summed E-state index contributed by atoms with van der Waals surface area (Å²) >= 11 is 0. The summed E-state index contributed by atoms with van der Waals surface area (Å²) < 4.78 is 0. The number of aliphatic hydroxyl groups is 1. The Bertz CT molecular complexity index is 427. The second-order valence-electron chi connectivity index (χ2n) is 8.71. The number of hydrogen-bond donors (Lipinski definition) is 1. The van der Waals surface area contributed by atoms with E-state index in [1.54, 1.807) is 0 Å². The lowest BCUT2D eigenvalue weighted by Gasteiger charge is -2.59. The highest BCUT2D eigenvalue weighted by Crippen LogP contribution is 2.65. The minimum absolute atomic E-state index is 0.0229. The zero-order chi connectivity index (χ0) is 14.0. The first-order valence-corrected chi connectivity index (χ1v) is 8.89. The molecule has 0 heterocycles. The second kappa shape index (κ2) is 4.35. The molecule has 3 fully saturated rings. The quantitative estimate of drug-likeness (QED) is 0.642. The standard InChI is InChI=1S/C19H30O/c1-18-11-4-3-5-13(18)6-7-14-15-8-9-17(20)19(15,2)12-10-16(14)18/h3-4,13-17,20H,5-12H2,1-2H3/t13-,14+,15+,16+,17?,18+,19+/m1/s1. The maximum absolute atomic E-state index is 10.5. The van der Waals surface area contributed by atoms with Gasteiger partial charge in [-0.25, -0.2) is 0 Å². The maximum Gasteiger partial charge on any atom is 0.0596 e. The Morgan fingerprint density at radius 1 is 0.900 bits per heavy atom. The van der Waals surface area contributed by atoms with Crippen molar-refractivity contribution in [2.75, 3.05) is 0 Å². The smallest absolute Gasteiger partial charge is 0.0596 e. The van der Waals surface area contributed by atoms with E-state index in [0.717, 1.165) is 30.1 Å². The number of aliphatic hydroxyl groups excluding tert-OH is 1. The van der Waals surface area contributed by atoms with E-state index in [1.807, 2.05) is 0 Å². The molecule has 1 nitrogen and oxygen atoms in total. The van der Waals surface area contributed by atoms with E-state index in [1.165, 1.54) is 44.9 Å². The Kier molecular flexibility index (Phi) is 2.91. The molecule has 1 heteroatoms. The third kappa shape index (κ3) is 1.59. The van der Waals surface area contributed by atoms with Crippen LogP contribution in [0.4, 0.5) is 0 Å². The SMILES string of the molecule is C[C@]12CC=CC[C@@H]1CC[C@@H]1[C@@H]2CC[C@]2(C)C(O)CC[C@@H]12. The zero-order valence-electron chi connectivity index (χ0n) is 13.1. The molecule has 112 valence electrons. The molecule has 4 rings (SSSR count). The van der Waals surface area contributed by atoms with Gasteiger partial charge in [-0.05, 0) is 85.9 Å². The predicted octanol–water partition coefficient (Wildman–Crippen LogP) is 4.56. The topological polar surface area (TPSA) is 20.2 Å². The largest absolute Gasteiger partial charge is 0.393 e. The van der Waals surface area contributed by atoms with Crippen molar-refractivity contribution in [2.45, 2.75) is 71.3 Å². The van der Waals surface area contributed by atoms with E-state index in [9.17, 15) is 5.11 Å². The Morgan fingerprint density at radius 2 is 1.70 bits per heavy atom. The van der Waals surface area contributed by atoms with E-state index < -0.39 is 0 Å². The van der Waals surface area contributed by atoms with E-state index in [0.29, 0.717) is 5.41 Å². The van der Waals surface area contributed by atoms with Crippen molar-refractivity contribution in [1.82, 2.24) is 0 Å². The first-order valence-electron chi connectivity index (χ1n) is 8.89. The van der Waals surface area contributed by atoms with Gasteiger partial charge in [0.1, 0.15) is 0 Å². The molecular weight excluding hydrogens is 244 g/mol. The van der Waals surface area contributed by atoms with Gasteiger partial charge < -0.3 is 5.11 Å². The summed E-state index contributed by atoms with van der Waals surface area (Å²) in [6.45, 7) is 4.98. The van der Waals surface area contributed by atoms with Gasteiger partial charge in [-0.1, -0.05) is 26.0 Å². The molecule has 1 N–H and O–H groups in total. The Hall–Kier alpha value is -0.300. The molecule has 0 aliphatic heterocycles. The minimum Gasteiger partial charge on any atom is -0.393 e. The summed E-state index contributed by atoms with van der Waals surface area (Å²) in [5.74, 6) is 3.57. The van der Waals surface area contributed by atoms with Crippen LogP contribution in [-0.2, 0) is 0 Å². The average Bonchev–Trinajstić information content (AvgIpc) is 2.74. The summed E-state index contributed by atoms with van der Waals surface area (Å²) in [4.78, 5) is 0. The van der Waals surface area contributed by atoms with E-state index in [2.05, 4.69) is 26.0 Å². The highest BCUT2D eigenvalue weighted by molar-refractivity contribution is 5.12. The lowest BCUT2D eigenvalue weighted by Crippen LogP contribution is -2.52. The molecule has 0 spiro atoms. The summed E-state index contributed by atoms with van der Waals surface area (Å²) in [5, 5.41) is 10.5. The van der Waals surface area contributed by atoms with Crippen LogP contribution in [-0.4, -0.2) is 11.2 Å². The second-order valence-corrected chi connectivity index (χ2v) is 8.71. The molecular formula is C19H30O. The van der Waals surface area contributed by atoms with Crippen LogP contribution in [0.25, 0.3) is 0 Å². The fourth-order valence-corrected chi connectivity index (χ4v) is 6.81. The molecule has 0 saturated heterocycles. The van der Waals surface area contributed by atoms with Crippen molar-refractivity contribution in [2.24, 2.45) is 34.5 Å². The lowest BCUT2D eigenvalue weighted by atomic mass is 9.46. The van der Waals surface area contributed by atoms with Crippen LogP contribution in [0, 0.1) is 34.5 Å². The van der Waals surface area contributed by atoms with Gasteiger partial charge in [-0.3, -0.25) is 0 Å². The van der Waals surface area contributed by atoms with Crippen LogP contribution >= 0.6 is 0 Å². The molecule has 3 saturated carbocycles. The predicted molar refractivity (Wildman–Crippen MR) is 82.3 cm³/mol. The highest BCUT2D eigenvalue weighted by atomic mass is 16.3. The van der Waals surface area contributed by atoms with Crippen LogP contribution in [0.1, 0.15) is 65.2 Å². The first-order chi connectivity index (χ1) is 9.56. The first kappa shape index (κ1) is 13.4. The molecule has 0 amide bonds. The van der Waals surface area contributed by atoms with Crippen LogP contribution in [0.2, 0.25) is 0 Å². The monoisotopic (exact) mass is 274 g/mol. The van der Waals surface area contributed by atoms with Gasteiger partial charge in [-0.15, -0.1) is 0 Å². The molecule has 4 aliphatic rings. The lowest BCUT2D eigenvalue weighted by molar-refractivity contribution is -0.108. The molecule has 0 aromatic rings. The molecule has 7 atom stereocenters. The van der Waals surface area contributed by atoms with Gasteiger partial charge in [0, 0.05) is 0 Å². The average molecular weight is 274 g/mol. The molecule has 4 aliphatic carbocycles. The van der Waals surface area contributed by atoms with Crippen molar-refractivity contribution in [3.05, 3.63) is 12.2 Å². The third-order valence-corrected chi connectivity index (χ3v) is 8.16. The van der Waals surface area contributed by atoms with Gasteiger partial charge in [0.05, 0.1) is 6.10 Å². The summed E-state index contributed by atoms with van der Waals surface area (Å²) in [6.07, 6.45) is 15.4. The number of hydrogen-bond acceptors (Lipinski definition) is 1. The van der Waals surface area contributed by atoms with E-state index in [-0.39, 0.29) is 11.5 Å². The van der Waals surface area contributed by atoms with E-state index >= 15 is 0 Å². The molecule has 20 heavy (non-hydrogen) atoms.